The second kappa shape index (κ2) is 5.04. The predicted molar refractivity (Wildman–Crippen MR) is 89.3 cm³/mol. The van der Waals surface area contributed by atoms with Gasteiger partial charge in [0.05, 0.1) is 12.2 Å². The van der Waals surface area contributed by atoms with Gasteiger partial charge in [0, 0.05) is 5.41 Å². The maximum Gasteiger partial charge on any atom is 0.226 e. The highest BCUT2D eigenvalue weighted by molar-refractivity contribution is 6.02. The second-order valence-electron chi connectivity index (χ2n) is 7.86. The maximum atomic E-state index is 12.6. The number of carbonyl (C=O) groups excluding carboxylic acids is 1. The van der Waals surface area contributed by atoms with E-state index in [1.807, 2.05) is 50.3 Å². The molecule has 120 valence electrons. The van der Waals surface area contributed by atoms with E-state index in [0.717, 1.165) is 12.0 Å². The van der Waals surface area contributed by atoms with Gasteiger partial charge >= 0.3 is 0 Å². The first-order valence-electron chi connectivity index (χ1n) is 8.16. The van der Waals surface area contributed by atoms with Gasteiger partial charge in [-0.2, -0.15) is 0 Å². The van der Waals surface area contributed by atoms with E-state index in [1.54, 1.807) is 0 Å². The molecule has 3 nitrogen and oxygen atoms in total. The zero-order chi connectivity index (χ0) is 16.9. The zero-order valence-electron chi connectivity index (χ0n) is 14.0. The third kappa shape index (κ3) is 2.33. The minimum Gasteiger partial charge on any atom is -0.385 e. The number of nitrogens with zero attached hydrogens (tertiary/aromatic N) is 1. The van der Waals surface area contributed by atoms with E-state index < -0.39 is 11.0 Å². The molecular formula is C20H23NO2. The van der Waals surface area contributed by atoms with E-state index in [-0.39, 0.29) is 22.8 Å². The van der Waals surface area contributed by atoms with Crippen molar-refractivity contribution in [1.29, 1.82) is 0 Å². The fourth-order valence-corrected chi connectivity index (χ4v) is 4.84. The van der Waals surface area contributed by atoms with Crippen molar-refractivity contribution in [3.8, 4) is 0 Å². The van der Waals surface area contributed by atoms with Crippen molar-refractivity contribution in [3.05, 3.63) is 59.1 Å². The Morgan fingerprint density at radius 2 is 1.87 bits per heavy atom. The lowest BCUT2D eigenvalue weighted by atomic mass is 9.50. The Hall–Kier alpha value is -1.92. The van der Waals surface area contributed by atoms with Gasteiger partial charge in [-0.15, -0.1) is 0 Å². The van der Waals surface area contributed by atoms with E-state index in [2.05, 4.69) is 11.8 Å². The number of aliphatic hydroxyl groups is 1. The van der Waals surface area contributed by atoms with E-state index in [9.17, 15) is 9.90 Å². The van der Waals surface area contributed by atoms with E-state index in [0.29, 0.717) is 12.8 Å². The van der Waals surface area contributed by atoms with Crippen LogP contribution < -0.4 is 0 Å². The number of fused-ring (bicyclic) bond motifs is 1. The van der Waals surface area contributed by atoms with Crippen LogP contribution in [-0.2, 0) is 10.4 Å². The summed E-state index contributed by atoms with van der Waals surface area (Å²) in [5.74, 6) is 0.0945. The smallest absolute Gasteiger partial charge is 0.226 e. The number of rotatable bonds is 1. The summed E-state index contributed by atoms with van der Waals surface area (Å²) in [7, 11) is 0. The largest absolute Gasteiger partial charge is 0.385 e. The molecule has 1 saturated carbocycles. The first-order chi connectivity index (χ1) is 10.7. The molecule has 1 aromatic carbocycles. The summed E-state index contributed by atoms with van der Waals surface area (Å²) in [6, 6.07) is 9.75. The van der Waals surface area contributed by atoms with Crippen LogP contribution in [0.5, 0.6) is 0 Å². The SMILES string of the molecule is [C-]#[N+]C1=C[C@@]2(C)C[C@@](O)(c3ccccc3)CC[C@@H]2C(C)(C)C1=O. The number of allylic oxidation sites excluding steroid dienone is 2. The van der Waals surface area contributed by atoms with Crippen LogP contribution in [0, 0.1) is 23.3 Å². The van der Waals surface area contributed by atoms with Crippen LogP contribution in [0.3, 0.4) is 0 Å². The van der Waals surface area contributed by atoms with Gasteiger partial charge in [-0.3, -0.25) is 0 Å². The van der Waals surface area contributed by atoms with Crippen LogP contribution in [-0.4, -0.2) is 10.9 Å². The lowest BCUT2D eigenvalue weighted by molar-refractivity contribution is -0.138. The van der Waals surface area contributed by atoms with Crippen molar-refractivity contribution >= 4 is 5.78 Å². The molecule has 1 N–H and O–H groups in total. The lowest BCUT2D eigenvalue weighted by Crippen LogP contribution is -2.52. The highest BCUT2D eigenvalue weighted by Crippen LogP contribution is 2.59. The van der Waals surface area contributed by atoms with Gasteiger partial charge in [-0.05, 0) is 36.2 Å². The minimum atomic E-state index is -0.896. The van der Waals surface area contributed by atoms with Gasteiger partial charge in [0.15, 0.2) is 5.78 Å². The zero-order valence-corrected chi connectivity index (χ0v) is 14.0. The Morgan fingerprint density at radius 3 is 2.48 bits per heavy atom. The Bertz CT molecular complexity index is 713. The molecule has 3 rings (SSSR count). The molecule has 0 radical (unpaired) electrons. The van der Waals surface area contributed by atoms with Crippen molar-refractivity contribution in [1.82, 2.24) is 0 Å². The molecule has 1 fully saturated rings. The topological polar surface area (TPSA) is 41.7 Å². The predicted octanol–water partition coefficient (Wildman–Crippen LogP) is 4.09. The Labute approximate surface area is 137 Å². The van der Waals surface area contributed by atoms with Crippen molar-refractivity contribution in [2.24, 2.45) is 16.7 Å². The van der Waals surface area contributed by atoms with Crippen LogP contribution in [0.2, 0.25) is 0 Å². The molecule has 0 unspecified atom stereocenters. The summed E-state index contributed by atoms with van der Waals surface area (Å²) < 4.78 is 0. The average Bonchev–Trinajstić information content (AvgIpc) is 2.51. The Kier molecular flexibility index (Phi) is 3.50. The highest BCUT2D eigenvalue weighted by atomic mass is 16.3. The first kappa shape index (κ1) is 16.0. The summed E-state index contributed by atoms with van der Waals surface area (Å²) >= 11 is 0. The van der Waals surface area contributed by atoms with Crippen LogP contribution in [0.4, 0.5) is 0 Å². The normalized spacial score (nSPS) is 35.9. The third-order valence-corrected chi connectivity index (χ3v) is 5.90. The minimum absolute atomic E-state index is 0.0554. The van der Waals surface area contributed by atoms with Crippen molar-refractivity contribution in [3.63, 3.8) is 0 Å². The summed E-state index contributed by atoms with van der Waals surface area (Å²) in [5, 5.41) is 11.3. The first-order valence-corrected chi connectivity index (χ1v) is 8.16. The molecule has 3 atom stereocenters. The van der Waals surface area contributed by atoms with Crippen LogP contribution in [0.1, 0.15) is 45.6 Å². The molecular weight excluding hydrogens is 286 g/mol. The molecule has 0 aromatic heterocycles. The molecule has 0 heterocycles. The quantitative estimate of drug-likeness (QED) is 0.794. The summed E-state index contributed by atoms with van der Waals surface area (Å²) in [6.07, 6.45) is 3.80. The van der Waals surface area contributed by atoms with Gasteiger partial charge in [0.1, 0.15) is 0 Å². The van der Waals surface area contributed by atoms with Crippen molar-refractivity contribution in [2.45, 2.75) is 45.6 Å². The van der Waals surface area contributed by atoms with Gasteiger partial charge in [-0.25, -0.2) is 4.85 Å². The number of ketones is 1. The Balaban J connectivity index is 2.06. The molecule has 3 heteroatoms. The molecule has 0 aliphatic heterocycles. The van der Waals surface area contributed by atoms with Crippen LogP contribution >= 0.6 is 0 Å². The van der Waals surface area contributed by atoms with Crippen molar-refractivity contribution in [2.75, 3.05) is 0 Å². The molecule has 2 aliphatic rings. The van der Waals surface area contributed by atoms with Gasteiger partial charge in [-0.1, -0.05) is 57.2 Å². The number of hydrogen-bond donors (Lipinski definition) is 1. The van der Waals surface area contributed by atoms with Crippen LogP contribution in [0.25, 0.3) is 4.85 Å². The summed E-state index contributed by atoms with van der Waals surface area (Å²) in [5.41, 5.74) is -0.646. The van der Waals surface area contributed by atoms with Gasteiger partial charge in [0.25, 0.3) is 0 Å². The third-order valence-electron chi connectivity index (χ3n) is 5.90. The van der Waals surface area contributed by atoms with E-state index >= 15 is 0 Å². The number of Topliss-reactive ketones (excluding diaryl/α,β-unsaturated/α-hetero) is 1. The summed E-state index contributed by atoms with van der Waals surface area (Å²) in [4.78, 5) is 16.0. The molecule has 1 aromatic rings. The van der Waals surface area contributed by atoms with Gasteiger partial charge in [0.2, 0.25) is 5.70 Å². The van der Waals surface area contributed by atoms with E-state index in [4.69, 9.17) is 6.57 Å². The standard InChI is InChI=1S/C20H23NO2/c1-18(2)16-10-11-20(23,14-8-6-5-7-9-14)13-19(16,3)12-15(21-4)17(18)22/h5-9,12,16,23H,10-11,13H2,1-3H3/t16-,19+,20-/m1/s1. The lowest BCUT2D eigenvalue weighted by Gasteiger charge is -2.54. The highest BCUT2D eigenvalue weighted by Gasteiger charge is 2.56. The molecule has 2 aliphatic carbocycles. The number of hydrogen-bond acceptors (Lipinski definition) is 2. The van der Waals surface area contributed by atoms with Crippen LogP contribution in [0.15, 0.2) is 42.1 Å². The van der Waals surface area contributed by atoms with E-state index in [1.165, 1.54) is 0 Å². The molecule has 23 heavy (non-hydrogen) atoms. The molecule has 0 amide bonds. The maximum absolute atomic E-state index is 12.6. The fourth-order valence-electron chi connectivity index (χ4n) is 4.84. The molecule has 0 bridgehead atoms. The average molecular weight is 309 g/mol. The summed E-state index contributed by atoms with van der Waals surface area (Å²) in [6.45, 7) is 13.3. The van der Waals surface area contributed by atoms with Crippen molar-refractivity contribution < 1.29 is 9.90 Å². The molecule has 0 spiro atoms. The Morgan fingerprint density at radius 1 is 1.22 bits per heavy atom. The monoisotopic (exact) mass is 309 g/mol. The second-order valence-corrected chi connectivity index (χ2v) is 7.86. The number of benzene rings is 1. The number of carbonyl (C=O) groups is 1. The molecule has 0 saturated heterocycles. The fraction of sp³-hybridized carbons (Fsp3) is 0.500. The van der Waals surface area contributed by atoms with Gasteiger partial charge < -0.3 is 9.90 Å².